The largest absolute Gasteiger partial charge is 0.482 e. The Morgan fingerprint density at radius 3 is 2.48 bits per heavy atom. The van der Waals surface area contributed by atoms with Gasteiger partial charge in [-0.25, -0.2) is 4.79 Å². The van der Waals surface area contributed by atoms with E-state index in [9.17, 15) is 9.59 Å². The van der Waals surface area contributed by atoms with Gasteiger partial charge >= 0.3 is 5.97 Å². The Balaban J connectivity index is 1.90. The second-order valence-electron chi connectivity index (χ2n) is 7.80. The molecular formula is C23H26Cl2N2O4. The van der Waals surface area contributed by atoms with E-state index in [-0.39, 0.29) is 12.3 Å². The zero-order valence-corrected chi connectivity index (χ0v) is 19.1. The van der Waals surface area contributed by atoms with Crippen molar-refractivity contribution in [2.75, 3.05) is 26.7 Å². The SMILES string of the molecule is CN(C(=O)Cc1ccc(Cl)c(Cl)c1)C(C)(c1cccc(OCC(=O)O)c1)N1CCCC1. The number of carbonyl (C=O) groups is 2. The van der Waals surface area contributed by atoms with E-state index in [4.69, 9.17) is 33.0 Å². The summed E-state index contributed by atoms with van der Waals surface area (Å²) in [6.07, 6.45) is 2.30. The van der Waals surface area contributed by atoms with Crippen LogP contribution in [0.2, 0.25) is 10.0 Å². The van der Waals surface area contributed by atoms with Gasteiger partial charge in [0.15, 0.2) is 6.61 Å². The minimum atomic E-state index is -1.04. The Hall–Kier alpha value is -2.28. The Morgan fingerprint density at radius 1 is 1.13 bits per heavy atom. The van der Waals surface area contributed by atoms with Gasteiger partial charge in [0.2, 0.25) is 5.91 Å². The lowest BCUT2D eigenvalue weighted by atomic mass is 9.96. The summed E-state index contributed by atoms with van der Waals surface area (Å²) in [6.45, 7) is 3.32. The molecule has 31 heavy (non-hydrogen) atoms. The number of hydrogen-bond acceptors (Lipinski definition) is 4. The normalized spacial score (nSPS) is 16.0. The lowest BCUT2D eigenvalue weighted by Gasteiger charge is -2.46. The first-order valence-electron chi connectivity index (χ1n) is 10.1. The second kappa shape index (κ2) is 9.90. The number of amides is 1. The van der Waals surface area contributed by atoms with Crippen LogP contribution in [0.5, 0.6) is 5.75 Å². The molecule has 0 saturated carbocycles. The zero-order valence-electron chi connectivity index (χ0n) is 17.6. The molecule has 1 fully saturated rings. The van der Waals surface area contributed by atoms with E-state index < -0.39 is 18.2 Å². The predicted octanol–water partition coefficient (Wildman–Crippen LogP) is 4.43. The molecule has 0 bridgehead atoms. The van der Waals surface area contributed by atoms with Crippen LogP contribution in [0, 0.1) is 0 Å². The molecule has 1 aliphatic rings. The molecule has 2 aromatic rings. The van der Waals surface area contributed by atoms with E-state index in [0.717, 1.165) is 37.1 Å². The maximum absolute atomic E-state index is 13.3. The first-order valence-corrected chi connectivity index (χ1v) is 10.9. The van der Waals surface area contributed by atoms with E-state index in [2.05, 4.69) is 4.90 Å². The molecule has 1 amide bonds. The number of aliphatic carboxylic acids is 1. The van der Waals surface area contributed by atoms with Gasteiger partial charge in [0.1, 0.15) is 11.4 Å². The van der Waals surface area contributed by atoms with E-state index in [1.807, 2.05) is 25.1 Å². The van der Waals surface area contributed by atoms with Crippen molar-refractivity contribution in [1.82, 2.24) is 9.80 Å². The van der Waals surface area contributed by atoms with Gasteiger partial charge in [0.25, 0.3) is 0 Å². The number of carboxylic acids is 1. The van der Waals surface area contributed by atoms with Gasteiger partial charge < -0.3 is 14.7 Å². The van der Waals surface area contributed by atoms with E-state index in [1.165, 1.54) is 0 Å². The smallest absolute Gasteiger partial charge is 0.341 e. The van der Waals surface area contributed by atoms with Gasteiger partial charge in [0, 0.05) is 20.1 Å². The van der Waals surface area contributed by atoms with Crippen molar-refractivity contribution >= 4 is 35.1 Å². The van der Waals surface area contributed by atoms with Crippen molar-refractivity contribution in [2.45, 2.75) is 31.8 Å². The molecule has 0 radical (unpaired) electrons. The van der Waals surface area contributed by atoms with Crippen molar-refractivity contribution in [2.24, 2.45) is 0 Å². The Morgan fingerprint density at radius 2 is 1.84 bits per heavy atom. The fourth-order valence-electron chi connectivity index (χ4n) is 3.95. The Labute approximate surface area is 192 Å². The Bertz CT molecular complexity index is 962. The number of nitrogens with zero attached hydrogens (tertiary/aromatic N) is 2. The molecule has 1 saturated heterocycles. The van der Waals surface area contributed by atoms with Crippen LogP contribution < -0.4 is 4.74 Å². The number of ether oxygens (including phenoxy) is 1. The third kappa shape index (κ3) is 5.32. The molecule has 3 rings (SSSR count). The summed E-state index contributed by atoms with van der Waals surface area (Å²) in [7, 11) is 1.79. The summed E-state index contributed by atoms with van der Waals surface area (Å²) < 4.78 is 5.38. The van der Waals surface area contributed by atoms with Crippen molar-refractivity contribution in [3.8, 4) is 5.75 Å². The predicted molar refractivity (Wildman–Crippen MR) is 121 cm³/mol. The lowest BCUT2D eigenvalue weighted by molar-refractivity contribution is -0.143. The minimum Gasteiger partial charge on any atom is -0.482 e. The molecule has 1 N–H and O–H groups in total. The lowest BCUT2D eigenvalue weighted by Crippen LogP contribution is -2.56. The molecule has 1 aliphatic heterocycles. The van der Waals surface area contributed by atoms with Gasteiger partial charge in [-0.05, 0) is 55.2 Å². The van der Waals surface area contributed by atoms with Crippen molar-refractivity contribution in [3.63, 3.8) is 0 Å². The monoisotopic (exact) mass is 464 g/mol. The number of carboxylic acid groups (broad SMARTS) is 1. The summed E-state index contributed by atoms with van der Waals surface area (Å²) in [4.78, 5) is 28.2. The Kier molecular flexibility index (Phi) is 7.46. The number of hydrogen-bond donors (Lipinski definition) is 1. The molecule has 0 aromatic heterocycles. The molecule has 1 unspecified atom stereocenters. The van der Waals surface area contributed by atoms with Gasteiger partial charge in [0.05, 0.1) is 16.5 Å². The standard InChI is InChI=1S/C23H26Cl2N2O4/c1-23(27-10-3-4-11-27,17-6-5-7-18(14-17)31-15-22(29)30)26(2)21(28)13-16-8-9-19(24)20(25)12-16/h5-9,12,14H,3-4,10-11,13,15H2,1-2H3,(H,29,30). The van der Waals surface area contributed by atoms with E-state index in [0.29, 0.717) is 15.8 Å². The van der Waals surface area contributed by atoms with Crippen LogP contribution >= 0.6 is 23.2 Å². The first kappa shape index (κ1) is 23.4. The summed E-state index contributed by atoms with van der Waals surface area (Å²) in [5.74, 6) is -0.651. The zero-order chi connectivity index (χ0) is 22.6. The van der Waals surface area contributed by atoms with E-state index in [1.54, 1.807) is 36.2 Å². The minimum absolute atomic E-state index is 0.0651. The molecule has 0 aliphatic carbocycles. The maximum Gasteiger partial charge on any atom is 0.341 e. The van der Waals surface area contributed by atoms with Crippen LogP contribution in [0.4, 0.5) is 0 Å². The van der Waals surface area contributed by atoms with E-state index >= 15 is 0 Å². The summed E-state index contributed by atoms with van der Waals surface area (Å²) in [6, 6.07) is 12.5. The van der Waals surface area contributed by atoms with Gasteiger partial charge in [-0.2, -0.15) is 0 Å². The van der Waals surface area contributed by atoms with Gasteiger partial charge in [-0.3, -0.25) is 9.69 Å². The molecule has 0 spiro atoms. The number of likely N-dealkylation sites (N-methyl/N-ethyl adjacent to an activating group) is 1. The highest BCUT2D eigenvalue weighted by molar-refractivity contribution is 6.42. The number of likely N-dealkylation sites (tertiary alicyclic amines) is 1. The van der Waals surface area contributed by atoms with Crippen LogP contribution in [-0.4, -0.2) is 53.5 Å². The van der Waals surface area contributed by atoms with Crippen LogP contribution in [0.3, 0.4) is 0 Å². The highest BCUT2D eigenvalue weighted by Crippen LogP contribution is 2.36. The quantitative estimate of drug-likeness (QED) is 0.625. The molecular weight excluding hydrogens is 439 g/mol. The number of carbonyl (C=O) groups excluding carboxylic acids is 1. The van der Waals surface area contributed by atoms with Crippen LogP contribution in [0.1, 0.15) is 30.9 Å². The average molecular weight is 465 g/mol. The molecule has 8 heteroatoms. The van der Waals surface area contributed by atoms with Gasteiger partial charge in [-0.1, -0.05) is 41.4 Å². The van der Waals surface area contributed by atoms with Crippen molar-refractivity contribution < 1.29 is 19.4 Å². The highest BCUT2D eigenvalue weighted by Gasteiger charge is 2.41. The van der Waals surface area contributed by atoms with Crippen LogP contribution in [0.25, 0.3) is 0 Å². The summed E-state index contributed by atoms with van der Waals surface area (Å²) in [5, 5.41) is 9.78. The summed E-state index contributed by atoms with van der Waals surface area (Å²) >= 11 is 12.1. The third-order valence-electron chi connectivity index (χ3n) is 5.83. The first-order chi connectivity index (χ1) is 14.7. The maximum atomic E-state index is 13.3. The molecule has 1 heterocycles. The molecule has 166 valence electrons. The third-order valence-corrected chi connectivity index (χ3v) is 6.57. The average Bonchev–Trinajstić information content (AvgIpc) is 3.29. The number of rotatable bonds is 8. The van der Waals surface area contributed by atoms with Gasteiger partial charge in [-0.15, -0.1) is 0 Å². The fourth-order valence-corrected chi connectivity index (χ4v) is 4.27. The van der Waals surface area contributed by atoms with Crippen LogP contribution in [-0.2, 0) is 21.7 Å². The summed E-state index contributed by atoms with van der Waals surface area (Å²) in [5.41, 5.74) is 0.933. The molecule has 6 nitrogen and oxygen atoms in total. The second-order valence-corrected chi connectivity index (χ2v) is 8.62. The van der Waals surface area contributed by atoms with Crippen molar-refractivity contribution in [1.29, 1.82) is 0 Å². The van der Waals surface area contributed by atoms with Crippen molar-refractivity contribution in [3.05, 3.63) is 63.6 Å². The fraction of sp³-hybridized carbons (Fsp3) is 0.391. The number of halogens is 2. The molecule has 1 atom stereocenters. The topological polar surface area (TPSA) is 70.1 Å². The highest BCUT2D eigenvalue weighted by atomic mass is 35.5. The van der Waals surface area contributed by atoms with Crippen LogP contribution in [0.15, 0.2) is 42.5 Å². The molecule has 2 aromatic carbocycles. The number of benzene rings is 2.